The van der Waals surface area contributed by atoms with Crippen molar-refractivity contribution in [3.8, 4) is 0 Å². The van der Waals surface area contributed by atoms with Crippen molar-refractivity contribution in [2.45, 2.75) is 37.6 Å². The first kappa shape index (κ1) is 15.1. The minimum atomic E-state index is -0.829. The largest absolute Gasteiger partial charge is 0.329 e. The molecule has 0 atom stereocenters. The predicted molar refractivity (Wildman–Crippen MR) is 88.2 cm³/mol. The minimum Gasteiger partial charge on any atom is -0.329 e. The van der Waals surface area contributed by atoms with Crippen molar-refractivity contribution in [3.05, 3.63) is 39.8 Å². The maximum Gasteiger partial charge on any atom is 0.255 e. The van der Waals surface area contributed by atoms with Crippen molar-refractivity contribution in [1.29, 1.82) is 0 Å². The summed E-state index contributed by atoms with van der Waals surface area (Å²) in [5.74, 6) is -0.210. The van der Waals surface area contributed by atoms with E-state index < -0.39 is 5.54 Å². The lowest BCUT2D eigenvalue weighted by Crippen LogP contribution is -2.52. The standard InChI is InChI=1S/C16H18ClN3O2/c17-12-9-11-10(4-7-19-14(11)21)8-13(12)20-15(22)16(18)5-2-1-3-6-16/h4,7-9H,1-3,5-6,18H2,(H,19,21)(H,20,22). The lowest BCUT2D eigenvalue weighted by Gasteiger charge is -2.31. The molecule has 1 aliphatic carbocycles. The van der Waals surface area contributed by atoms with Gasteiger partial charge in [-0.25, -0.2) is 0 Å². The van der Waals surface area contributed by atoms with Crippen LogP contribution in [-0.2, 0) is 4.79 Å². The lowest BCUT2D eigenvalue weighted by molar-refractivity contribution is -0.122. The van der Waals surface area contributed by atoms with E-state index in [-0.39, 0.29) is 11.5 Å². The fourth-order valence-corrected chi connectivity index (χ4v) is 3.17. The van der Waals surface area contributed by atoms with Crippen LogP contribution in [-0.4, -0.2) is 16.4 Å². The normalized spacial score (nSPS) is 17.4. The Balaban J connectivity index is 1.92. The van der Waals surface area contributed by atoms with E-state index in [1.165, 1.54) is 0 Å². The zero-order valence-electron chi connectivity index (χ0n) is 12.1. The number of H-pyrrole nitrogens is 1. The molecule has 3 rings (SSSR count). The van der Waals surface area contributed by atoms with Crippen LogP contribution in [0.4, 0.5) is 5.69 Å². The van der Waals surface area contributed by atoms with Crippen LogP contribution in [0.15, 0.2) is 29.2 Å². The maximum atomic E-state index is 12.5. The van der Waals surface area contributed by atoms with Gasteiger partial charge in [0.05, 0.1) is 16.2 Å². The zero-order chi connectivity index (χ0) is 15.7. The van der Waals surface area contributed by atoms with E-state index in [2.05, 4.69) is 10.3 Å². The molecule has 5 nitrogen and oxygen atoms in total. The topological polar surface area (TPSA) is 88.0 Å². The van der Waals surface area contributed by atoms with Crippen molar-refractivity contribution in [1.82, 2.24) is 4.98 Å². The van der Waals surface area contributed by atoms with Crippen molar-refractivity contribution in [2.24, 2.45) is 5.73 Å². The average Bonchev–Trinajstić information content (AvgIpc) is 2.50. The first-order valence-electron chi connectivity index (χ1n) is 7.41. The van der Waals surface area contributed by atoms with E-state index in [1.807, 2.05) is 0 Å². The number of pyridine rings is 1. The Hall–Kier alpha value is -1.85. The lowest BCUT2D eigenvalue weighted by atomic mass is 9.82. The Bertz CT molecular complexity index is 779. The van der Waals surface area contributed by atoms with Crippen LogP contribution in [0.3, 0.4) is 0 Å². The van der Waals surface area contributed by atoms with Gasteiger partial charge in [0.25, 0.3) is 5.56 Å². The number of anilines is 1. The summed E-state index contributed by atoms with van der Waals surface area (Å²) in [6.07, 6.45) is 5.98. The van der Waals surface area contributed by atoms with Crippen LogP contribution < -0.4 is 16.6 Å². The molecule has 1 saturated carbocycles. The molecular weight excluding hydrogens is 302 g/mol. The molecule has 116 valence electrons. The molecule has 0 spiro atoms. The van der Waals surface area contributed by atoms with Gasteiger partial charge in [-0.05, 0) is 36.4 Å². The van der Waals surface area contributed by atoms with Crippen molar-refractivity contribution in [2.75, 3.05) is 5.32 Å². The van der Waals surface area contributed by atoms with Gasteiger partial charge >= 0.3 is 0 Å². The summed E-state index contributed by atoms with van der Waals surface area (Å²) in [4.78, 5) is 26.8. The number of amides is 1. The number of rotatable bonds is 2. The molecule has 0 bridgehead atoms. The number of nitrogens with one attached hydrogen (secondary N) is 2. The highest BCUT2D eigenvalue weighted by molar-refractivity contribution is 6.34. The fourth-order valence-electron chi connectivity index (χ4n) is 2.96. The summed E-state index contributed by atoms with van der Waals surface area (Å²) in [7, 11) is 0. The quantitative estimate of drug-likeness (QED) is 0.795. The van der Waals surface area contributed by atoms with Gasteiger partial charge < -0.3 is 16.0 Å². The van der Waals surface area contributed by atoms with Gasteiger partial charge in [0.15, 0.2) is 0 Å². The van der Waals surface area contributed by atoms with Gasteiger partial charge in [0, 0.05) is 11.6 Å². The van der Waals surface area contributed by atoms with Crippen LogP contribution in [0.25, 0.3) is 10.8 Å². The van der Waals surface area contributed by atoms with Crippen molar-refractivity contribution < 1.29 is 4.79 Å². The van der Waals surface area contributed by atoms with E-state index in [0.717, 1.165) is 24.6 Å². The van der Waals surface area contributed by atoms with Gasteiger partial charge in [0.2, 0.25) is 5.91 Å². The third-order valence-electron chi connectivity index (χ3n) is 4.31. The van der Waals surface area contributed by atoms with Gasteiger partial charge in [0.1, 0.15) is 0 Å². The van der Waals surface area contributed by atoms with Crippen LogP contribution in [0.1, 0.15) is 32.1 Å². The van der Waals surface area contributed by atoms with Crippen molar-refractivity contribution >= 4 is 34.0 Å². The summed E-state index contributed by atoms with van der Waals surface area (Å²) in [5, 5.41) is 4.37. The molecular formula is C16H18ClN3O2. The van der Waals surface area contributed by atoms with E-state index in [9.17, 15) is 9.59 Å². The number of carbonyl (C=O) groups excluding carboxylic acids is 1. The first-order valence-corrected chi connectivity index (χ1v) is 7.79. The van der Waals surface area contributed by atoms with Gasteiger partial charge in [-0.15, -0.1) is 0 Å². The number of benzene rings is 1. The van der Waals surface area contributed by atoms with Crippen LogP contribution in [0, 0.1) is 0 Å². The molecule has 0 unspecified atom stereocenters. The number of fused-ring (bicyclic) bond motifs is 1. The van der Waals surface area contributed by atoms with E-state index in [1.54, 1.807) is 24.4 Å². The molecule has 1 heterocycles. The number of halogens is 1. The third kappa shape index (κ3) is 2.74. The minimum absolute atomic E-state index is 0.208. The number of aromatic amines is 1. The Morgan fingerprint density at radius 3 is 2.73 bits per heavy atom. The van der Waals surface area contributed by atoms with Crippen LogP contribution in [0.5, 0.6) is 0 Å². The highest BCUT2D eigenvalue weighted by atomic mass is 35.5. The number of hydrogen-bond donors (Lipinski definition) is 3. The van der Waals surface area contributed by atoms with Gasteiger partial charge in [-0.2, -0.15) is 0 Å². The Morgan fingerprint density at radius 2 is 2.00 bits per heavy atom. The second-order valence-electron chi connectivity index (χ2n) is 5.90. The first-order chi connectivity index (χ1) is 10.5. The maximum absolute atomic E-state index is 12.5. The third-order valence-corrected chi connectivity index (χ3v) is 4.62. The molecule has 1 amide bonds. The predicted octanol–water partition coefficient (Wildman–Crippen LogP) is 2.78. The molecule has 2 aromatic rings. The summed E-state index contributed by atoms with van der Waals surface area (Å²) >= 11 is 6.20. The fraction of sp³-hybridized carbons (Fsp3) is 0.375. The molecule has 22 heavy (non-hydrogen) atoms. The second-order valence-corrected chi connectivity index (χ2v) is 6.30. The molecule has 4 N–H and O–H groups in total. The number of hydrogen-bond acceptors (Lipinski definition) is 3. The Kier molecular flexibility index (Phi) is 3.93. The molecule has 0 radical (unpaired) electrons. The monoisotopic (exact) mass is 319 g/mol. The van der Waals surface area contributed by atoms with Crippen molar-refractivity contribution in [3.63, 3.8) is 0 Å². The summed E-state index contributed by atoms with van der Waals surface area (Å²) < 4.78 is 0. The second kappa shape index (κ2) is 5.74. The summed E-state index contributed by atoms with van der Waals surface area (Å²) in [6.45, 7) is 0. The SMILES string of the molecule is NC1(C(=O)Nc2cc3cc[nH]c(=O)c3cc2Cl)CCCCC1. The number of carbonyl (C=O) groups is 1. The molecule has 1 aromatic heterocycles. The highest BCUT2D eigenvalue weighted by Crippen LogP contribution is 2.30. The summed E-state index contributed by atoms with van der Waals surface area (Å²) in [6, 6.07) is 5.04. The van der Waals surface area contributed by atoms with E-state index >= 15 is 0 Å². The number of aromatic nitrogens is 1. The highest BCUT2D eigenvalue weighted by Gasteiger charge is 2.35. The smallest absolute Gasteiger partial charge is 0.255 e. The summed E-state index contributed by atoms with van der Waals surface area (Å²) in [5.41, 5.74) is 5.68. The Labute approximate surface area is 132 Å². The molecule has 1 aliphatic rings. The average molecular weight is 320 g/mol. The molecule has 1 aromatic carbocycles. The van der Waals surface area contributed by atoms with E-state index in [4.69, 9.17) is 17.3 Å². The molecule has 6 heteroatoms. The Morgan fingerprint density at radius 1 is 1.27 bits per heavy atom. The molecule has 1 fully saturated rings. The molecule has 0 saturated heterocycles. The zero-order valence-corrected chi connectivity index (χ0v) is 12.9. The number of nitrogens with two attached hydrogens (primary N) is 1. The van der Waals surface area contributed by atoms with Crippen LogP contribution in [0.2, 0.25) is 5.02 Å². The van der Waals surface area contributed by atoms with Gasteiger partial charge in [-0.1, -0.05) is 30.9 Å². The van der Waals surface area contributed by atoms with Crippen LogP contribution >= 0.6 is 11.6 Å². The van der Waals surface area contributed by atoms with E-state index in [0.29, 0.717) is 28.9 Å². The van der Waals surface area contributed by atoms with Gasteiger partial charge in [-0.3, -0.25) is 9.59 Å². The molecule has 0 aliphatic heterocycles.